The van der Waals surface area contributed by atoms with Gasteiger partial charge in [-0.15, -0.1) is 17.5 Å². The van der Waals surface area contributed by atoms with E-state index in [1.165, 1.54) is 0 Å². The van der Waals surface area contributed by atoms with Crippen molar-refractivity contribution < 1.29 is 9.53 Å². The molecule has 0 atom stereocenters. The molecule has 2 heterocycles. The average Bonchev–Trinajstić information content (AvgIpc) is 3.29. The molecule has 0 aliphatic heterocycles. The predicted octanol–water partition coefficient (Wildman–Crippen LogP) is 1.51. The molecule has 10 heteroatoms. The molecule has 0 radical (unpaired) electrons. The Morgan fingerprint density at radius 1 is 1.29 bits per heavy atom. The number of imidazole rings is 1. The first kappa shape index (κ1) is 21.2. The van der Waals surface area contributed by atoms with Crippen LogP contribution in [0.3, 0.4) is 0 Å². The SMILES string of the molecule is COc1ccc(CNC(=O)Cn2cc(CCCc3cnc(N)[nH]3)nn2)cc1.Cl. The maximum absolute atomic E-state index is 12.1. The second-order valence-electron chi connectivity index (χ2n) is 6.18. The normalized spacial score (nSPS) is 10.3. The first-order chi connectivity index (χ1) is 13.1. The first-order valence-corrected chi connectivity index (χ1v) is 8.70. The number of carbonyl (C=O) groups is 1. The summed E-state index contributed by atoms with van der Waals surface area (Å²) in [5.74, 6) is 1.10. The van der Waals surface area contributed by atoms with Crippen molar-refractivity contribution in [1.29, 1.82) is 0 Å². The molecule has 0 spiro atoms. The molecule has 150 valence electrons. The van der Waals surface area contributed by atoms with E-state index in [1.807, 2.05) is 24.3 Å². The number of aromatic amines is 1. The minimum Gasteiger partial charge on any atom is -0.497 e. The van der Waals surface area contributed by atoms with E-state index < -0.39 is 0 Å². The average molecular weight is 406 g/mol. The Bertz CT molecular complexity index is 876. The highest BCUT2D eigenvalue weighted by Gasteiger charge is 2.07. The Morgan fingerprint density at radius 2 is 2.07 bits per heavy atom. The van der Waals surface area contributed by atoms with Gasteiger partial charge < -0.3 is 20.8 Å². The lowest BCUT2D eigenvalue weighted by Gasteiger charge is -2.06. The van der Waals surface area contributed by atoms with E-state index in [9.17, 15) is 4.79 Å². The highest BCUT2D eigenvalue weighted by atomic mass is 35.5. The quantitative estimate of drug-likeness (QED) is 0.495. The fraction of sp³-hybridized carbons (Fsp3) is 0.333. The number of hydrogen-bond acceptors (Lipinski definition) is 6. The van der Waals surface area contributed by atoms with Crippen molar-refractivity contribution >= 4 is 24.3 Å². The van der Waals surface area contributed by atoms with Gasteiger partial charge in [-0.3, -0.25) is 4.79 Å². The number of aromatic nitrogens is 5. The lowest BCUT2D eigenvalue weighted by molar-refractivity contribution is -0.122. The number of anilines is 1. The Labute approximate surface area is 169 Å². The summed E-state index contributed by atoms with van der Waals surface area (Å²) in [4.78, 5) is 19.0. The van der Waals surface area contributed by atoms with Crippen LogP contribution in [0.15, 0.2) is 36.7 Å². The van der Waals surface area contributed by atoms with Crippen molar-refractivity contribution in [3.63, 3.8) is 0 Å². The molecule has 0 saturated heterocycles. The predicted molar refractivity (Wildman–Crippen MR) is 107 cm³/mol. The molecule has 0 saturated carbocycles. The van der Waals surface area contributed by atoms with Gasteiger partial charge in [0.2, 0.25) is 5.91 Å². The molecular weight excluding hydrogens is 382 g/mol. The van der Waals surface area contributed by atoms with Gasteiger partial charge in [0, 0.05) is 18.4 Å². The van der Waals surface area contributed by atoms with Gasteiger partial charge in [-0.2, -0.15) is 0 Å². The number of halogens is 1. The number of carbonyl (C=O) groups excluding carboxylic acids is 1. The zero-order valence-electron chi connectivity index (χ0n) is 15.6. The molecule has 0 fully saturated rings. The van der Waals surface area contributed by atoms with Crippen LogP contribution in [0.25, 0.3) is 0 Å². The smallest absolute Gasteiger partial charge is 0.242 e. The first-order valence-electron chi connectivity index (χ1n) is 8.70. The van der Waals surface area contributed by atoms with E-state index in [1.54, 1.807) is 24.2 Å². The standard InChI is InChI=1S/C18H23N7O2.ClH/c1-27-16-7-5-13(6-8-16)9-20-17(26)12-25-11-15(23-24-25)4-2-3-14-10-21-18(19)22-14;/h5-8,10-11H,2-4,9,12H2,1H3,(H,20,26)(H3,19,21,22);1H. The van der Waals surface area contributed by atoms with E-state index >= 15 is 0 Å². The van der Waals surface area contributed by atoms with Gasteiger partial charge in [0.25, 0.3) is 0 Å². The Kier molecular flexibility index (Phi) is 7.82. The maximum Gasteiger partial charge on any atom is 0.242 e. The number of nitrogen functional groups attached to an aromatic ring is 1. The monoisotopic (exact) mass is 405 g/mol. The Balaban J connectivity index is 0.00000280. The molecule has 0 unspecified atom stereocenters. The van der Waals surface area contributed by atoms with Gasteiger partial charge in [-0.05, 0) is 37.0 Å². The van der Waals surface area contributed by atoms with Crippen molar-refractivity contribution in [2.75, 3.05) is 12.8 Å². The zero-order chi connectivity index (χ0) is 19.1. The van der Waals surface area contributed by atoms with Gasteiger partial charge in [0.1, 0.15) is 12.3 Å². The van der Waals surface area contributed by atoms with Crippen LogP contribution in [-0.4, -0.2) is 38.0 Å². The number of methoxy groups -OCH3 is 1. The van der Waals surface area contributed by atoms with Crippen LogP contribution >= 0.6 is 12.4 Å². The van der Waals surface area contributed by atoms with E-state index in [0.717, 1.165) is 42.0 Å². The minimum atomic E-state index is -0.116. The van der Waals surface area contributed by atoms with Gasteiger partial charge in [-0.25, -0.2) is 9.67 Å². The minimum absolute atomic E-state index is 0. The second kappa shape index (κ2) is 10.3. The molecular formula is C18H24ClN7O2. The van der Waals surface area contributed by atoms with Crippen molar-refractivity contribution in [3.8, 4) is 5.75 Å². The third kappa shape index (κ3) is 6.27. The summed E-state index contributed by atoms with van der Waals surface area (Å²) in [6.45, 7) is 0.595. The molecule has 1 aromatic carbocycles. The van der Waals surface area contributed by atoms with E-state index in [4.69, 9.17) is 10.5 Å². The Hall–Kier alpha value is -3.07. The number of nitrogens with zero attached hydrogens (tertiary/aromatic N) is 4. The van der Waals surface area contributed by atoms with Gasteiger partial charge >= 0.3 is 0 Å². The van der Waals surface area contributed by atoms with Crippen molar-refractivity contribution in [1.82, 2.24) is 30.3 Å². The zero-order valence-corrected chi connectivity index (χ0v) is 16.4. The number of nitrogens with one attached hydrogen (secondary N) is 2. The summed E-state index contributed by atoms with van der Waals surface area (Å²) < 4.78 is 6.66. The molecule has 0 aliphatic carbocycles. The number of nitrogens with two attached hydrogens (primary N) is 1. The molecule has 2 aromatic heterocycles. The van der Waals surface area contributed by atoms with Crippen molar-refractivity contribution in [2.24, 2.45) is 0 Å². The summed E-state index contributed by atoms with van der Waals surface area (Å²) in [6.07, 6.45) is 6.03. The third-order valence-electron chi connectivity index (χ3n) is 4.07. The molecule has 0 aliphatic rings. The van der Waals surface area contributed by atoms with Gasteiger partial charge in [-0.1, -0.05) is 17.3 Å². The summed E-state index contributed by atoms with van der Waals surface area (Å²) in [5, 5.41) is 11.0. The third-order valence-corrected chi connectivity index (χ3v) is 4.07. The number of hydrogen-bond donors (Lipinski definition) is 3. The molecule has 9 nitrogen and oxygen atoms in total. The van der Waals surface area contributed by atoms with Crippen LogP contribution < -0.4 is 15.8 Å². The summed E-state index contributed by atoms with van der Waals surface area (Å²) in [5.41, 5.74) is 8.40. The fourth-order valence-corrected chi connectivity index (χ4v) is 2.64. The highest BCUT2D eigenvalue weighted by molar-refractivity contribution is 5.85. The molecule has 3 rings (SSSR count). The summed E-state index contributed by atoms with van der Waals surface area (Å²) >= 11 is 0. The second-order valence-corrected chi connectivity index (χ2v) is 6.18. The number of benzene rings is 1. The number of aryl methyl sites for hydroxylation is 2. The van der Waals surface area contributed by atoms with Crippen LogP contribution in [0.2, 0.25) is 0 Å². The number of ether oxygens (including phenoxy) is 1. The Morgan fingerprint density at radius 3 is 2.75 bits per heavy atom. The van der Waals surface area contributed by atoms with Gasteiger partial charge in [0.05, 0.1) is 19.0 Å². The van der Waals surface area contributed by atoms with E-state index in [-0.39, 0.29) is 24.9 Å². The molecule has 1 amide bonds. The largest absolute Gasteiger partial charge is 0.497 e. The van der Waals surface area contributed by atoms with Crippen LogP contribution in [0.5, 0.6) is 5.75 Å². The lowest BCUT2D eigenvalue weighted by Crippen LogP contribution is -2.27. The van der Waals surface area contributed by atoms with Crippen LogP contribution in [0.1, 0.15) is 23.4 Å². The van der Waals surface area contributed by atoms with Crippen molar-refractivity contribution in [2.45, 2.75) is 32.4 Å². The lowest BCUT2D eigenvalue weighted by atomic mass is 10.2. The fourth-order valence-electron chi connectivity index (χ4n) is 2.64. The number of amides is 1. The molecule has 0 bridgehead atoms. The van der Waals surface area contributed by atoms with Crippen LogP contribution in [0, 0.1) is 0 Å². The van der Waals surface area contributed by atoms with E-state index in [0.29, 0.717) is 12.5 Å². The van der Waals surface area contributed by atoms with Crippen LogP contribution in [0.4, 0.5) is 5.95 Å². The summed E-state index contributed by atoms with van der Waals surface area (Å²) in [6, 6.07) is 7.56. The van der Waals surface area contributed by atoms with Gasteiger partial charge in [0.15, 0.2) is 5.95 Å². The maximum atomic E-state index is 12.1. The highest BCUT2D eigenvalue weighted by Crippen LogP contribution is 2.11. The molecule has 4 N–H and O–H groups in total. The molecule has 28 heavy (non-hydrogen) atoms. The van der Waals surface area contributed by atoms with Crippen molar-refractivity contribution in [3.05, 3.63) is 53.6 Å². The number of rotatable bonds is 9. The summed E-state index contributed by atoms with van der Waals surface area (Å²) in [7, 11) is 1.62. The van der Waals surface area contributed by atoms with E-state index in [2.05, 4.69) is 25.6 Å². The van der Waals surface area contributed by atoms with Crippen LogP contribution in [-0.2, 0) is 30.7 Å². The molecule has 3 aromatic rings. The topological polar surface area (TPSA) is 124 Å². The number of H-pyrrole nitrogens is 1.